The molecule has 1 aromatic rings. The lowest BCUT2D eigenvalue weighted by Crippen LogP contribution is -2.52. The molecule has 0 saturated carbocycles. The van der Waals surface area contributed by atoms with Crippen LogP contribution in [0.4, 0.5) is 0 Å². The van der Waals surface area contributed by atoms with E-state index in [1.54, 1.807) is 0 Å². The molecular weight excluding hydrogens is 236 g/mol. The lowest BCUT2D eigenvalue weighted by atomic mass is 9.83. The van der Waals surface area contributed by atoms with Crippen LogP contribution in [0.25, 0.3) is 0 Å². The molecule has 1 heterocycles. The van der Waals surface area contributed by atoms with Gasteiger partial charge in [0.15, 0.2) is 0 Å². The predicted octanol–water partition coefficient (Wildman–Crippen LogP) is 1.92. The number of carbonyl (C=O) groups excluding carboxylic acids is 1. The quantitative estimate of drug-likeness (QED) is 0.868. The van der Waals surface area contributed by atoms with Gasteiger partial charge in [-0.15, -0.1) is 0 Å². The monoisotopic (exact) mass is 260 g/mol. The third-order valence-electron chi connectivity index (χ3n) is 4.15. The first-order chi connectivity index (χ1) is 8.90. The Hall–Kier alpha value is -1.35. The minimum absolute atomic E-state index is 0.0364. The van der Waals surface area contributed by atoms with Crippen LogP contribution in [0.5, 0.6) is 0 Å². The van der Waals surface area contributed by atoms with Crippen molar-refractivity contribution in [2.75, 3.05) is 19.6 Å². The lowest BCUT2D eigenvalue weighted by Gasteiger charge is -2.30. The zero-order valence-electron chi connectivity index (χ0n) is 12.3. The second kappa shape index (κ2) is 5.33. The Kier molecular flexibility index (Phi) is 3.95. The van der Waals surface area contributed by atoms with E-state index < -0.39 is 0 Å². The second-order valence-electron chi connectivity index (χ2n) is 6.26. The Morgan fingerprint density at radius 1 is 1.32 bits per heavy atom. The predicted molar refractivity (Wildman–Crippen MR) is 78.3 cm³/mol. The van der Waals surface area contributed by atoms with Gasteiger partial charge in [0.1, 0.15) is 0 Å². The SMILES string of the molecule is Cc1ccc(C(C)(C)CNC(=O)C2CNC2)cc1C. The molecule has 0 radical (unpaired) electrons. The minimum Gasteiger partial charge on any atom is -0.355 e. The van der Waals surface area contributed by atoms with Crippen molar-refractivity contribution in [2.24, 2.45) is 5.92 Å². The third-order valence-corrected chi connectivity index (χ3v) is 4.15. The Labute approximate surface area is 115 Å². The molecule has 0 bridgehead atoms. The molecule has 104 valence electrons. The van der Waals surface area contributed by atoms with Crippen LogP contribution in [0.1, 0.15) is 30.5 Å². The lowest BCUT2D eigenvalue weighted by molar-refractivity contribution is -0.126. The van der Waals surface area contributed by atoms with Crippen LogP contribution in [-0.2, 0) is 10.2 Å². The number of hydrogen-bond acceptors (Lipinski definition) is 2. The van der Waals surface area contributed by atoms with E-state index in [4.69, 9.17) is 0 Å². The van der Waals surface area contributed by atoms with Crippen molar-refractivity contribution in [1.82, 2.24) is 10.6 Å². The molecule has 1 fully saturated rings. The van der Waals surface area contributed by atoms with Crippen molar-refractivity contribution in [3.05, 3.63) is 34.9 Å². The second-order valence-corrected chi connectivity index (χ2v) is 6.26. The maximum absolute atomic E-state index is 11.9. The fourth-order valence-electron chi connectivity index (χ4n) is 2.19. The number of benzene rings is 1. The Morgan fingerprint density at radius 2 is 2.00 bits per heavy atom. The van der Waals surface area contributed by atoms with E-state index in [9.17, 15) is 4.79 Å². The molecule has 1 aliphatic heterocycles. The van der Waals surface area contributed by atoms with Crippen LogP contribution in [-0.4, -0.2) is 25.5 Å². The fourth-order valence-corrected chi connectivity index (χ4v) is 2.19. The van der Waals surface area contributed by atoms with Gasteiger partial charge >= 0.3 is 0 Å². The molecule has 2 rings (SSSR count). The number of aryl methyl sites for hydroxylation is 2. The summed E-state index contributed by atoms with van der Waals surface area (Å²) in [5.41, 5.74) is 3.86. The van der Waals surface area contributed by atoms with Gasteiger partial charge in [-0.2, -0.15) is 0 Å². The van der Waals surface area contributed by atoms with Gasteiger partial charge in [-0.3, -0.25) is 4.79 Å². The molecule has 0 aromatic heterocycles. The molecule has 0 atom stereocenters. The van der Waals surface area contributed by atoms with Gasteiger partial charge in [-0.1, -0.05) is 32.0 Å². The Balaban J connectivity index is 2.00. The normalized spacial score (nSPS) is 16.0. The molecule has 3 heteroatoms. The molecule has 1 aromatic carbocycles. The van der Waals surface area contributed by atoms with E-state index >= 15 is 0 Å². The summed E-state index contributed by atoms with van der Waals surface area (Å²) in [5, 5.41) is 6.20. The Bertz CT molecular complexity index is 476. The van der Waals surface area contributed by atoms with Crippen molar-refractivity contribution in [1.29, 1.82) is 0 Å². The van der Waals surface area contributed by atoms with Crippen LogP contribution < -0.4 is 10.6 Å². The largest absolute Gasteiger partial charge is 0.355 e. The van der Waals surface area contributed by atoms with Crippen molar-refractivity contribution in [3.63, 3.8) is 0 Å². The highest BCUT2D eigenvalue weighted by Gasteiger charge is 2.27. The van der Waals surface area contributed by atoms with Gasteiger partial charge < -0.3 is 10.6 Å². The standard InChI is InChI=1S/C16H24N2O/c1-11-5-6-14(7-12(11)2)16(3,4)10-18-15(19)13-8-17-9-13/h5-7,13,17H,8-10H2,1-4H3,(H,18,19). The summed E-state index contributed by atoms with van der Waals surface area (Å²) in [5.74, 6) is 0.339. The smallest absolute Gasteiger partial charge is 0.225 e. The van der Waals surface area contributed by atoms with Crippen LogP contribution in [0.2, 0.25) is 0 Å². The number of hydrogen-bond donors (Lipinski definition) is 2. The van der Waals surface area contributed by atoms with Crippen LogP contribution in [0.3, 0.4) is 0 Å². The molecule has 0 spiro atoms. The van der Waals surface area contributed by atoms with Crippen LogP contribution in [0.15, 0.2) is 18.2 Å². The van der Waals surface area contributed by atoms with E-state index in [2.05, 4.69) is 56.5 Å². The first-order valence-corrected chi connectivity index (χ1v) is 6.96. The summed E-state index contributed by atoms with van der Waals surface area (Å²) < 4.78 is 0. The molecule has 3 nitrogen and oxygen atoms in total. The highest BCUT2D eigenvalue weighted by Crippen LogP contribution is 2.24. The summed E-state index contributed by atoms with van der Waals surface area (Å²) in [6.45, 7) is 10.9. The molecule has 1 aliphatic rings. The van der Waals surface area contributed by atoms with Gasteiger partial charge in [-0.05, 0) is 30.5 Å². The van der Waals surface area contributed by atoms with Gasteiger partial charge in [0.25, 0.3) is 0 Å². The summed E-state index contributed by atoms with van der Waals surface area (Å²) in [6, 6.07) is 6.55. The third kappa shape index (κ3) is 3.16. The molecule has 2 N–H and O–H groups in total. The van der Waals surface area contributed by atoms with Crippen molar-refractivity contribution in [2.45, 2.75) is 33.1 Å². The molecule has 1 amide bonds. The van der Waals surface area contributed by atoms with Crippen molar-refractivity contribution in [3.8, 4) is 0 Å². The zero-order chi connectivity index (χ0) is 14.0. The van der Waals surface area contributed by atoms with Crippen molar-refractivity contribution < 1.29 is 4.79 Å². The van der Waals surface area contributed by atoms with Gasteiger partial charge in [0.2, 0.25) is 5.91 Å². The molecule has 1 saturated heterocycles. The zero-order valence-corrected chi connectivity index (χ0v) is 12.3. The average Bonchev–Trinajstić information content (AvgIpc) is 2.28. The van der Waals surface area contributed by atoms with E-state index in [-0.39, 0.29) is 17.2 Å². The topological polar surface area (TPSA) is 41.1 Å². The molecule has 0 aliphatic carbocycles. The first kappa shape index (κ1) is 14.1. The minimum atomic E-state index is -0.0364. The maximum Gasteiger partial charge on any atom is 0.225 e. The van der Waals surface area contributed by atoms with Gasteiger partial charge in [0.05, 0.1) is 5.92 Å². The van der Waals surface area contributed by atoms with Gasteiger partial charge in [-0.25, -0.2) is 0 Å². The number of carbonyl (C=O) groups is 1. The Morgan fingerprint density at radius 3 is 2.53 bits per heavy atom. The molecular formula is C16H24N2O. The number of amides is 1. The van der Waals surface area contributed by atoms with E-state index in [1.807, 2.05) is 0 Å². The van der Waals surface area contributed by atoms with Crippen LogP contribution >= 0.6 is 0 Å². The van der Waals surface area contributed by atoms with Crippen molar-refractivity contribution >= 4 is 5.91 Å². The highest BCUT2D eigenvalue weighted by molar-refractivity contribution is 5.80. The highest BCUT2D eigenvalue weighted by atomic mass is 16.2. The summed E-state index contributed by atoms with van der Waals surface area (Å²) in [7, 11) is 0. The van der Waals surface area contributed by atoms with E-state index in [0.29, 0.717) is 6.54 Å². The van der Waals surface area contributed by atoms with E-state index in [0.717, 1.165) is 13.1 Å². The van der Waals surface area contributed by atoms with E-state index in [1.165, 1.54) is 16.7 Å². The first-order valence-electron chi connectivity index (χ1n) is 6.96. The summed E-state index contributed by atoms with van der Waals surface area (Å²) in [6.07, 6.45) is 0. The summed E-state index contributed by atoms with van der Waals surface area (Å²) >= 11 is 0. The number of nitrogens with one attached hydrogen (secondary N) is 2. The maximum atomic E-state index is 11.9. The molecule has 0 unspecified atom stereocenters. The summed E-state index contributed by atoms with van der Waals surface area (Å²) in [4.78, 5) is 11.9. The fraction of sp³-hybridized carbons (Fsp3) is 0.562. The number of rotatable bonds is 4. The molecule has 19 heavy (non-hydrogen) atoms. The van der Waals surface area contributed by atoms with Gasteiger partial charge in [0, 0.05) is 25.0 Å². The average molecular weight is 260 g/mol. The van der Waals surface area contributed by atoms with Crippen LogP contribution in [0, 0.1) is 19.8 Å².